The van der Waals surface area contributed by atoms with E-state index in [4.69, 9.17) is 17.0 Å². The average molecular weight is 225 g/mol. The molecule has 2 N–H and O–H groups in total. The normalized spacial score (nSPS) is 9.47. The van der Waals surface area contributed by atoms with E-state index in [9.17, 15) is 0 Å². The van der Waals surface area contributed by atoms with Crippen LogP contribution in [0.3, 0.4) is 0 Å². The average Bonchev–Trinajstić information content (AvgIpc) is 2.27. The Labute approximate surface area is 95.0 Å². The molecule has 0 bridgehead atoms. The van der Waals surface area contributed by atoms with Gasteiger partial charge in [0.25, 0.3) is 0 Å². The van der Waals surface area contributed by atoms with Crippen LogP contribution in [0, 0.1) is 0 Å². The topological polar surface area (TPSA) is 46.2 Å². The Morgan fingerprint density at radius 2 is 2.40 bits per heavy atom. The molecule has 0 unspecified atom stereocenters. The van der Waals surface area contributed by atoms with E-state index in [0.29, 0.717) is 16.7 Å². The Morgan fingerprint density at radius 1 is 1.60 bits per heavy atom. The van der Waals surface area contributed by atoms with E-state index in [-0.39, 0.29) is 0 Å². The number of aromatic nitrogens is 1. The van der Waals surface area contributed by atoms with E-state index >= 15 is 0 Å². The fraction of sp³-hybridized carbons (Fsp3) is 0.400. The second-order valence-electron chi connectivity index (χ2n) is 2.94. The van der Waals surface area contributed by atoms with E-state index in [0.717, 1.165) is 13.0 Å². The van der Waals surface area contributed by atoms with Crippen LogP contribution >= 0.6 is 12.2 Å². The van der Waals surface area contributed by atoms with Gasteiger partial charge in [0.2, 0.25) is 0 Å². The molecule has 1 heterocycles. The third kappa shape index (κ3) is 3.71. The van der Waals surface area contributed by atoms with Crippen molar-refractivity contribution in [3.05, 3.63) is 18.3 Å². The Hall–Kier alpha value is -1.36. The van der Waals surface area contributed by atoms with Crippen molar-refractivity contribution in [3.8, 4) is 5.75 Å². The van der Waals surface area contributed by atoms with Crippen LogP contribution in [0.2, 0.25) is 0 Å². The minimum Gasteiger partial charge on any atom is -0.493 e. The zero-order valence-electron chi connectivity index (χ0n) is 8.91. The molecule has 82 valence electrons. The number of nitrogens with zero attached hydrogens (tertiary/aromatic N) is 1. The summed E-state index contributed by atoms with van der Waals surface area (Å²) in [4.78, 5) is 4.13. The highest BCUT2D eigenvalue weighted by molar-refractivity contribution is 7.80. The molecule has 0 radical (unpaired) electrons. The first-order valence-electron chi connectivity index (χ1n) is 4.81. The summed E-state index contributed by atoms with van der Waals surface area (Å²) in [6.07, 6.45) is 2.72. The predicted molar refractivity (Wildman–Crippen MR) is 65.3 cm³/mol. The van der Waals surface area contributed by atoms with Crippen LogP contribution in [0.15, 0.2) is 18.3 Å². The maximum Gasteiger partial charge on any atom is 0.174 e. The van der Waals surface area contributed by atoms with E-state index in [1.807, 2.05) is 12.1 Å². The van der Waals surface area contributed by atoms with Gasteiger partial charge in [-0.15, -0.1) is 0 Å². The zero-order chi connectivity index (χ0) is 11.1. The minimum atomic E-state index is 0.564. The van der Waals surface area contributed by atoms with Gasteiger partial charge in [0.05, 0.1) is 7.11 Å². The smallest absolute Gasteiger partial charge is 0.174 e. The van der Waals surface area contributed by atoms with Gasteiger partial charge < -0.3 is 15.4 Å². The minimum absolute atomic E-state index is 0.564. The highest BCUT2D eigenvalue weighted by Crippen LogP contribution is 2.19. The van der Waals surface area contributed by atoms with E-state index < -0.39 is 0 Å². The van der Waals surface area contributed by atoms with Crippen LogP contribution in [0.25, 0.3) is 0 Å². The third-order valence-corrected chi connectivity index (χ3v) is 2.00. The Bertz CT molecular complexity index is 330. The summed E-state index contributed by atoms with van der Waals surface area (Å²) in [7, 11) is 1.60. The monoisotopic (exact) mass is 225 g/mol. The SMILES string of the molecule is CCCNC(=S)Nc1ncccc1OC. The summed E-state index contributed by atoms with van der Waals surface area (Å²) in [5, 5.41) is 6.60. The van der Waals surface area contributed by atoms with Gasteiger partial charge in [0.1, 0.15) is 0 Å². The van der Waals surface area contributed by atoms with Crippen molar-refractivity contribution in [1.29, 1.82) is 0 Å². The fourth-order valence-corrected chi connectivity index (χ4v) is 1.24. The molecule has 0 aliphatic carbocycles. The molecule has 0 atom stereocenters. The number of hydrogen-bond acceptors (Lipinski definition) is 3. The molecule has 0 fully saturated rings. The third-order valence-electron chi connectivity index (χ3n) is 1.76. The second-order valence-corrected chi connectivity index (χ2v) is 3.34. The number of rotatable bonds is 4. The summed E-state index contributed by atoms with van der Waals surface area (Å²) >= 11 is 5.09. The Balaban J connectivity index is 2.59. The van der Waals surface area contributed by atoms with Gasteiger partial charge in [-0.25, -0.2) is 4.98 Å². The molecule has 1 aromatic heterocycles. The summed E-state index contributed by atoms with van der Waals surface area (Å²) in [5.41, 5.74) is 0. The highest BCUT2D eigenvalue weighted by atomic mass is 32.1. The van der Waals surface area contributed by atoms with Gasteiger partial charge >= 0.3 is 0 Å². The molecular weight excluding hydrogens is 210 g/mol. The molecule has 0 aliphatic heterocycles. The van der Waals surface area contributed by atoms with Crippen LogP contribution in [0.5, 0.6) is 5.75 Å². The maximum atomic E-state index is 5.14. The van der Waals surface area contributed by atoms with Gasteiger partial charge in [0.15, 0.2) is 16.7 Å². The molecule has 0 aliphatic rings. The summed E-state index contributed by atoms with van der Waals surface area (Å²) in [6.45, 7) is 2.93. The van der Waals surface area contributed by atoms with Gasteiger partial charge in [-0.3, -0.25) is 0 Å². The van der Waals surface area contributed by atoms with E-state index in [1.165, 1.54) is 0 Å². The van der Waals surface area contributed by atoms with Crippen LogP contribution in [0.1, 0.15) is 13.3 Å². The largest absolute Gasteiger partial charge is 0.493 e. The molecule has 0 spiro atoms. The van der Waals surface area contributed by atoms with Crippen molar-refractivity contribution in [2.45, 2.75) is 13.3 Å². The summed E-state index contributed by atoms with van der Waals surface area (Å²) < 4.78 is 5.14. The zero-order valence-corrected chi connectivity index (χ0v) is 9.73. The van der Waals surface area contributed by atoms with Gasteiger partial charge in [-0.05, 0) is 30.8 Å². The first-order valence-corrected chi connectivity index (χ1v) is 5.22. The molecular formula is C10H15N3OS. The van der Waals surface area contributed by atoms with E-state index in [1.54, 1.807) is 13.3 Å². The maximum absolute atomic E-state index is 5.14. The van der Waals surface area contributed by atoms with E-state index in [2.05, 4.69) is 22.5 Å². The number of nitrogens with one attached hydrogen (secondary N) is 2. The standard InChI is InChI=1S/C10H15N3OS/c1-3-6-12-10(15)13-9-8(14-2)5-4-7-11-9/h4-5,7H,3,6H2,1-2H3,(H2,11,12,13,15). The highest BCUT2D eigenvalue weighted by Gasteiger charge is 2.03. The van der Waals surface area contributed by atoms with Crippen molar-refractivity contribution in [2.24, 2.45) is 0 Å². The first-order chi connectivity index (χ1) is 7.27. The number of pyridine rings is 1. The van der Waals surface area contributed by atoms with Crippen molar-refractivity contribution < 1.29 is 4.74 Å². The number of thiocarbonyl (C=S) groups is 1. The van der Waals surface area contributed by atoms with Crippen LogP contribution < -0.4 is 15.4 Å². The van der Waals surface area contributed by atoms with Crippen molar-refractivity contribution in [2.75, 3.05) is 19.0 Å². The molecule has 1 aromatic rings. The number of hydrogen-bond donors (Lipinski definition) is 2. The Kier molecular flexibility index (Phi) is 4.83. The molecule has 15 heavy (non-hydrogen) atoms. The molecule has 1 rings (SSSR count). The van der Waals surface area contributed by atoms with Crippen molar-refractivity contribution in [3.63, 3.8) is 0 Å². The molecule has 5 heteroatoms. The first kappa shape index (κ1) is 11.7. The number of methoxy groups -OCH3 is 1. The molecule has 0 amide bonds. The lowest BCUT2D eigenvalue weighted by Gasteiger charge is -2.11. The predicted octanol–water partition coefficient (Wildman–Crippen LogP) is 1.79. The van der Waals surface area contributed by atoms with Crippen LogP contribution in [0.4, 0.5) is 5.82 Å². The van der Waals surface area contributed by atoms with Crippen LogP contribution in [-0.4, -0.2) is 23.8 Å². The molecule has 4 nitrogen and oxygen atoms in total. The number of anilines is 1. The molecule has 0 saturated carbocycles. The lowest BCUT2D eigenvalue weighted by Crippen LogP contribution is -2.29. The molecule has 0 saturated heterocycles. The van der Waals surface area contributed by atoms with Gasteiger partial charge in [-0.2, -0.15) is 0 Å². The number of ether oxygens (including phenoxy) is 1. The van der Waals surface area contributed by atoms with Gasteiger partial charge in [0, 0.05) is 12.7 Å². The Morgan fingerprint density at radius 3 is 3.07 bits per heavy atom. The van der Waals surface area contributed by atoms with Crippen molar-refractivity contribution >= 4 is 23.1 Å². The lowest BCUT2D eigenvalue weighted by molar-refractivity contribution is 0.415. The van der Waals surface area contributed by atoms with Gasteiger partial charge in [-0.1, -0.05) is 6.92 Å². The van der Waals surface area contributed by atoms with Crippen LogP contribution in [-0.2, 0) is 0 Å². The second kappa shape index (κ2) is 6.19. The summed E-state index contributed by atoms with van der Waals surface area (Å²) in [6, 6.07) is 3.64. The fourth-order valence-electron chi connectivity index (χ4n) is 1.04. The molecule has 0 aromatic carbocycles. The quantitative estimate of drug-likeness (QED) is 0.765. The van der Waals surface area contributed by atoms with Crippen molar-refractivity contribution in [1.82, 2.24) is 10.3 Å². The summed E-state index contributed by atoms with van der Waals surface area (Å²) in [5.74, 6) is 1.31. The lowest BCUT2D eigenvalue weighted by atomic mass is 10.4.